The highest BCUT2D eigenvalue weighted by atomic mass is 16.5. The van der Waals surface area contributed by atoms with Gasteiger partial charge in [-0.05, 0) is 25.2 Å². The van der Waals surface area contributed by atoms with Crippen molar-refractivity contribution in [3.8, 4) is 0 Å². The first-order valence-corrected chi connectivity index (χ1v) is 5.09. The third-order valence-electron chi connectivity index (χ3n) is 3.25. The molecule has 2 heteroatoms. The molecule has 0 aromatic heterocycles. The van der Waals surface area contributed by atoms with Crippen LogP contribution in [0.15, 0.2) is 0 Å². The Morgan fingerprint density at radius 1 is 1.42 bits per heavy atom. The molecular weight excluding hydrogens is 150 g/mol. The first-order chi connectivity index (χ1) is 5.77. The summed E-state index contributed by atoms with van der Waals surface area (Å²) < 4.78 is 5.40. The lowest BCUT2D eigenvalue weighted by Crippen LogP contribution is -2.44. The van der Waals surface area contributed by atoms with Crippen LogP contribution in [0.25, 0.3) is 0 Å². The van der Waals surface area contributed by atoms with Crippen molar-refractivity contribution in [2.24, 2.45) is 11.8 Å². The minimum absolute atomic E-state index is 0.645. The molecule has 0 radical (unpaired) electrons. The van der Waals surface area contributed by atoms with E-state index in [1.807, 2.05) is 0 Å². The minimum atomic E-state index is 0.645. The highest BCUT2D eigenvalue weighted by Crippen LogP contribution is 2.38. The second-order valence-corrected chi connectivity index (χ2v) is 4.39. The molecule has 70 valence electrons. The number of hydrogen-bond acceptors (Lipinski definition) is 2. The zero-order chi connectivity index (χ0) is 8.55. The number of rotatable bonds is 2. The van der Waals surface area contributed by atoms with E-state index in [0.29, 0.717) is 6.04 Å². The fraction of sp³-hybridized carbons (Fsp3) is 1.00. The van der Waals surface area contributed by atoms with Crippen molar-refractivity contribution in [2.45, 2.75) is 26.3 Å². The van der Waals surface area contributed by atoms with E-state index in [4.69, 9.17) is 4.74 Å². The fourth-order valence-corrected chi connectivity index (χ4v) is 1.99. The summed E-state index contributed by atoms with van der Waals surface area (Å²) in [6.45, 7) is 8.95. The molecular formula is C10H19NO. The van der Waals surface area contributed by atoms with Gasteiger partial charge in [-0.25, -0.2) is 0 Å². The molecule has 12 heavy (non-hydrogen) atoms. The Balaban J connectivity index is 1.77. The van der Waals surface area contributed by atoms with Crippen LogP contribution in [0.4, 0.5) is 0 Å². The van der Waals surface area contributed by atoms with E-state index in [1.165, 1.54) is 13.0 Å². The van der Waals surface area contributed by atoms with Crippen molar-refractivity contribution in [1.29, 1.82) is 0 Å². The van der Waals surface area contributed by atoms with Gasteiger partial charge in [0.1, 0.15) is 0 Å². The summed E-state index contributed by atoms with van der Waals surface area (Å²) in [5.41, 5.74) is 0. The van der Waals surface area contributed by atoms with Crippen molar-refractivity contribution in [3.05, 3.63) is 0 Å². The predicted octanol–water partition coefficient (Wildman–Crippen LogP) is 1.36. The van der Waals surface area contributed by atoms with Crippen LogP contribution in [0, 0.1) is 11.8 Å². The molecule has 0 bridgehead atoms. The van der Waals surface area contributed by atoms with Gasteiger partial charge in [-0.15, -0.1) is 0 Å². The fourth-order valence-electron chi connectivity index (χ4n) is 1.99. The lowest BCUT2D eigenvalue weighted by atomic mass is 10.2. The molecule has 3 atom stereocenters. The number of hydrogen-bond donors (Lipinski definition) is 0. The molecule has 0 amide bonds. The van der Waals surface area contributed by atoms with E-state index < -0.39 is 0 Å². The Kier molecular flexibility index (Phi) is 2.37. The molecule has 1 aliphatic carbocycles. The first-order valence-electron chi connectivity index (χ1n) is 5.09. The van der Waals surface area contributed by atoms with Crippen molar-refractivity contribution >= 4 is 0 Å². The minimum Gasteiger partial charge on any atom is -0.379 e. The first kappa shape index (κ1) is 8.52. The van der Waals surface area contributed by atoms with Crippen LogP contribution in [0.1, 0.15) is 20.3 Å². The third-order valence-corrected chi connectivity index (χ3v) is 3.25. The van der Waals surface area contributed by atoms with Gasteiger partial charge in [-0.2, -0.15) is 0 Å². The van der Waals surface area contributed by atoms with Crippen LogP contribution < -0.4 is 0 Å². The number of ether oxygens (including phenoxy) is 1. The van der Waals surface area contributed by atoms with Crippen LogP contribution in [0.2, 0.25) is 0 Å². The highest BCUT2D eigenvalue weighted by molar-refractivity contribution is 4.87. The quantitative estimate of drug-likeness (QED) is 0.619. The van der Waals surface area contributed by atoms with Gasteiger partial charge in [-0.1, -0.05) is 6.92 Å². The maximum atomic E-state index is 5.40. The second-order valence-electron chi connectivity index (χ2n) is 4.39. The molecule has 2 aliphatic rings. The van der Waals surface area contributed by atoms with E-state index in [2.05, 4.69) is 18.7 Å². The average molecular weight is 169 g/mol. The molecule has 0 N–H and O–H groups in total. The van der Waals surface area contributed by atoms with E-state index >= 15 is 0 Å². The van der Waals surface area contributed by atoms with Crippen LogP contribution in [-0.4, -0.2) is 37.2 Å². The number of morpholine rings is 1. The van der Waals surface area contributed by atoms with E-state index in [1.54, 1.807) is 0 Å². The van der Waals surface area contributed by atoms with Gasteiger partial charge >= 0.3 is 0 Å². The van der Waals surface area contributed by atoms with Gasteiger partial charge < -0.3 is 4.74 Å². The molecule has 2 rings (SSSR count). The largest absolute Gasteiger partial charge is 0.379 e. The van der Waals surface area contributed by atoms with Gasteiger partial charge in [0.25, 0.3) is 0 Å². The molecule has 1 heterocycles. The van der Waals surface area contributed by atoms with Gasteiger partial charge in [-0.3, -0.25) is 4.90 Å². The van der Waals surface area contributed by atoms with Gasteiger partial charge in [0, 0.05) is 19.1 Å². The van der Waals surface area contributed by atoms with Gasteiger partial charge in [0.05, 0.1) is 13.2 Å². The Labute approximate surface area is 74.9 Å². The molecule has 1 aliphatic heterocycles. The second kappa shape index (κ2) is 3.35. The lowest BCUT2D eigenvalue weighted by Gasteiger charge is -2.33. The van der Waals surface area contributed by atoms with Gasteiger partial charge in [0.2, 0.25) is 0 Å². The van der Waals surface area contributed by atoms with Crippen molar-refractivity contribution in [2.75, 3.05) is 26.3 Å². The Bertz CT molecular complexity index is 160. The highest BCUT2D eigenvalue weighted by Gasteiger charge is 2.35. The Morgan fingerprint density at radius 3 is 2.75 bits per heavy atom. The van der Waals surface area contributed by atoms with Crippen LogP contribution in [0.3, 0.4) is 0 Å². The summed E-state index contributed by atoms with van der Waals surface area (Å²) in [6.07, 6.45) is 1.45. The van der Waals surface area contributed by atoms with E-state index in [0.717, 1.165) is 31.6 Å². The molecule has 0 aromatic carbocycles. The average Bonchev–Trinajstić information content (AvgIpc) is 2.72. The third kappa shape index (κ3) is 1.80. The van der Waals surface area contributed by atoms with Crippen molar-refractivity contribution in [3.63, 3.8) is 0 Å². The topological polar surface area (TPSA) is 12.5 Å². The smallest absolute Gasteiger partial charge is 0.0619 e. The predicted molar refractivity (Wildman–Crippen MR) is 49.1 cm³/mol. The SMILES string of the molecule is CC1CC1CN1CCOCC1C. The monoisotopic (exact) mass is 169 g/mol. The maximum Gasteiger partial charge on any atom is 0.0619 e. The lowest BCUT2D eigenvalue weighted by molar-refractivity contribution is -0.00285. The van der Waals surface area contributed by atoms with Crippen LogP contribution in [0.5, 0.6) is 0 Å². The van der Waals surface area contributed by atoms with E-state index in [-0.39, 0.29) is 0 Å². The zero-order valence-corrected chi connectivity index (χ0v) is 8.12. The Morgan fingerprint density at radius 2 is 2.17 bits per heavy atom. The molecule has 2 fully saturated rings. The summed E-state index contributed by atoms with van der Waals surface area (Å²) >= 11 is 0. The Hall–Kier alpha value is -0.0800. The molecule has 0 spiro atoms. The molecule has 1 saturated carbocycles. The standard InChI is InChI=1S/C10H19NO/c1-8-5-10(8)6-11-3-4-12-7-9(11)2/h8-10H,3-7H2,1-2H3. The number of nitrogens with zero attached hydrogens (tertiary/aromatic N) is 1. The van der Waals surface area contributed by atoms with Crippen LogP contribution >= 0.6 is 0 Å². The molecule has 3 unspecified atom stereocenters. The van der Waals surface area contributed by atoms with Crippen molar-refractivity contribution < 1.29 is 4.74 Å². The summed E-state index contributed by atoms with van der Waals surface area (Å²) in [5, 5.41) is 0. The van der Waals surface area contributed by atoms with E-state index in [9.17, 15) is 0 Å². The van der Waals surface area contributed by atoms with Crippen molar-refractivity contribution in [1.82, 2.24) is 4.90 Å². The maximum absolute atomic E-state index is 5.40. The summed E-state index contributed by atoms with van der Waals surface area (Å²) in [4.78, 5) is 2.58. The van der Waals surface area contributed by atoms with Crippen LogP contribution in [-0.2, 0) is 4.74 Å². The molecule has 2 nitrogen and oxygen atoms in total. The molecule has 1 saturated heterocycles. The van der Waals surface area contributed by atoms with Gasteiger partial charge in [0.15, 0.2) is 0 Å². The summed E-state index contributed by atoms with van der Waals surface area (Å²) in [5.74, 6) is 1.98. The normalized spacial score (nSPS) is 43.0. The summed E-state index contributed by atoms with van der Waals surface area (Å²) in [6, 6.07) is 0.645. The summed E-state index contributed by atoms with van der Waals surface area (Å²) in [7, 11) is 0. The molecule has 0 aromatic rings. The zero-order valence-electron chi connectivity index (χ0n) is 8.12.